The van der Waals surface area contributed by atoms with E-state index in [9.17, 15) is 9.18 Å². The number of hydrogen-bond donors (Lipinski definition) is 0. The first-order valence-corrected chi connectivity index (χ1v) is 10.8. The lowest BCUT2D eigenvalue weighted by Crippen LogP contribution is -2.04. The van der Waals surface area contributed by atoms with Crippen LogP contribution in [0.2, 0.25) is 5.02 Å². The first kappa shape index (κ1) is 21.2. The van der Waals surface area contributed by atoms with Crippen molar-refractivity contribution >= 4 is 29.1 Å². The van der Waals surface area contributed by atoms with Gasteiger partial charge in [-0.3, -0.25) is 9.36 Å². The zero-order chi connectivity index (χ0) is 21.8. The second-order valence-corrected chi connectivity index (χ2v) is 8.08. The summed E-state index contributed by atoms with van der Waals surface area (Å²) in [6, 6.07) is 20.6. The monoisotopic (exact) mass is 452 g/mol. The Hall–Kier alpha value is -3.09. The molecule has 4 rings (SSSR count). The van der Waals surface area contributed by atoms with Gasteiger partial charge in [0.05, 0.1) is 18.6 Å². The molecule has 156 valence electrons. The first-order valence-electron chi connectivity index (χ1n) is 9.45. The number of methoxy groups -OCH3 is 1. The third-order valence-corrected chi connectivity index (χ3v) is 5.87. The summed E-state index contributed by atoms with van der Waals surface area (Å²) in [7, 11) is 1.62. The van der Waals surface area contributed by atoms with Crippen LogP contribution >= 0.6 is 23.4 Å². The SMILES string of the molecule is COc1ccc(-c2cn(-c3ccc(Cl)cc3)c(SCC(=O)c3ccc(F)cc3)n2)cc1. The van der Waals surface area contributed by atoms with E-state index >= 15 is 0 Å². The molecule has 7 heteroatoms. The van der Waals surface area contributed by atoms with Crippen LogP contribution in [-0.2, 0) is 0 Å². The summed E-state index contributed by atoms with van der Waals surface area (Å²) in [6.07, 6.45) is 1.93. The molecule has 1 heterocycles. The number of thioether (sulfide) groups is 1. The molecule has 1 aromatic heterocycles. The molecule has 0 saturated heterocycles. The van der Waals surface area contributed by atoms with Gasteiger partial charge < -0.3 is 4.74 Å². The van der Waals surface area contributed by atoms with Gasteiger partial charge in [-0.25, -0.2) is 9.37 Å². The molecule has 0 fully saturated rings. The topological polar surface area (TPSA) is 44.1 Å². The van der Waals surface area contributed by atoms with Crippen molar-refractivity contribution in [2.24, 2.45) is 0 Å². The molecule has 0 aliphatic rings. The number of benzene rings is 3. The average Bonchev–Trinajstić information content (AvgIpc) is 3.22. The number of carbonyl (C=O) groups excluding carboxylic acids is 1. The number of ketones is 1. The quantitative estimate of drug-likeness (QED) is 0.243. The van der Waals surface area contributed by atoms with Crippen LogP contribution < -0.4 is 4.74 Å². The van der Waals surface area contributed by atoms with E-state index in [0.29, 0.717) is 15.7 Å². The molecule has 0 aliphatic heterocycles. The maximum atomic E-state index is 13.1. The van der Waals surface area contributed by atoms with Gasteiger partial charge in [-0.15, -0.1) is 0 Å². The van der Waals surface area contributed by atoms with E-state index in [1.54, 1.807) is 7.11 Å². The number of rotatable bonds is 7. The summed E-state index contributed by atoms with van der Waals surface area (Å²) in [5, 5.41) is 1.31. The van der Waals surface area contributed by atoms with Crippen LogP contribution in [0.25, 0.3) is 16.9 Å². The number of ether oxygens (including phenoxy) is 1. The van der Waals surface area contributed by atoms with Gasteiger partial charge in [0, 0.05) is 28.0 Å². The zero-order valence-electron chi connectivity index (χ0n) is 16.6. The zero-order valence-corrected chi connectivity index (χ0v) is 18.2. The van der Waals surface area contributed by atoms with Crippen molar-refractivity contribution in [1.29, 1.82) is 0 Å². The number of nitrogens with zero attached hydrogens (tertiary/aromatic N) is 2. The summed E-state index contributed by atoms with van der Waals surface area (Å²) in [5.74, 6) is 0.479. The van der Waals surface area contributed by atoms with E-state index in [1.807, 2.05) is 59.3 Å². The fourth-order valence-electron chi connectivity index (χ4n) is 3.00. The molecule has 0 aliphatic carbocycles. The van der Waals surface area contributed by atoms with Crippen molar-refractivity contribution in [3.63, 3.8) is 0 Å². The second kappa shape index (κ2) is 9.37. The van der Waals surface area contributed by atoms with Gasteiger partial charge in [-0.05, 0) is 72.8 Å². The van der Waals surface area contributed by atoms with Gasteiger partial charge in [-0.2, -0.15) is 0 Å². The standard InChI is InChI=1S/C24H18ClFN2O2S/c1-30-21-12-4-16(5-13-21)22-14-28(20-10-6-18(25)7-11-20)24(27-22)31-15-23(29)17-2-8-19(26)9-3-17/h2-14H,15H2,1H3. The highest BCUT2D eigenvalue weighted by Gasteiger charge is 2.15. The molecule has 0 amide bonds. The largest absolute Gasteiger partial charge is 0.497 e. The van der Waals surface area contributed by atoms with E-state index in [2.05, 4.69) is 0 Å². The maximum absolute atomic E-state index is 13.1. The molecule has 31 heavy (non-hydrogen) atoms. The molecule has 0 bridgehead atoms. The molecule has 0 unspecified atom stereocenters. The van der Waals surface area contributed by atoms with Crippen LogP contribution in [0.4, 0.5) is 4.39 Å². The van der Waals surface area contributed by atoms with Gasteiger partial charge in [0.1, 0.15) is 11.6 Å². The van der Waals surface area contributed by atoms with Crippen molar-refractivity contribution in [1.82, 2.24) is 9.55 Å². The molecule has 0 radical (unpaired) electrons. The smallest absolute Gasteiger partial charge is 0.173 e. The summed E-state index contributed by atoms with van der Waals surface area (Å²) < 4.78 is 20.3. The third-order valence-electron chi connectivity index (χ3n) is 4.66. The molecule has 4 nitrogen and oxygen atoms in total. The maximum Gasteiger partial charge on any atom is 0.173 e. The summed E-state index contributed by atoms with van der Waals surface area (Å²) >= 11 is 7.36. The van der Waals surface area contributed by atoms with Crippen molar-refractivity contribution in [2.75, 3.05) is 12.9 Å². The molecule has 0 spiro atoms. The van der Waals surface area contributed by atoms with Gasteiger partial charge in [0.25, 0.3) is 0 Å². The van der Waals surface area contributed by atoms with E-state index in [4.69, 9.17) is 21.3 Å². The fraction of sp³-hybridized carbons (Fsp3) is 0.0833. The average molecular weight is 453 g/mol. The number of aromatic nitrogens is 2. The molecule has 0 N–H and O–H groups in total. The normalized spacial score (nSPS) is 10.8. The van der Waals surface area contributed by atoms with Crippen molar-refractivity contribution in [3.8, 4) is 22.7 Å². The van der Waals surface area contributed by atoms with Crippen molar-refractivity contribution < 1.29 is 13.9 Å². The van der Waals surface area contributed by atoms with Crippen molar-refractivity contribution in [2.45, 2.75) is 5.16 Å². The van der Waals surface area contributed by atoms with Gasteiger partial charge in [0.15, 0.2) is 10.9 Å². The molecule has 0 atom stereocenters. The number of hydrogen-bond acceptors (Lipinski definition) is 4. The highest BCUT2D eigenvalue weighted by molar-refractivity contribution is 7.99. The van der Waals surface area contributed by atoms with E-state index in [0.717, 1.165) is 22.7 Å². The van der Waals surface area contributed by atoms with Crippen LogP contribution in [0.3, 0.4) is 0 Å². The van der Waals surface area contributed by atoms with Gasteiger partial charge in [0.2, 0.25) is 0 Å². The molecule has 3 aromatic carbocycles. The minimum atomic E-state index is -0.369. The summed E-state index contributed by atoms with van der Waals surface area (Å²) in [4.78, 5) is 17.3. The van der Waals surface area contributed by atoms with E-state index in [-0.39, 0.29) is 17.4 Å². The molecule has 4 aromatic rings. The van der Waals surface area contributed by atoms with Gasteiger partial charge >= 0.3 is 0 Å². The first-order chi connectivity index (χ1) is 15.0. The predicted octanol–water partition coefficient (Wildman–Crippen LogP) is 6.32. The van der Waals surface area contributed by atoms with Crippen LogP contribution in [0.5, 0.6) is 5.75 Å². The Morgan fingerprint density at radius 2 is 1.71 bits per heavy atom. The minimum Gasteiger partial charge on any atom is -0.497 e. The fourth-order valence-corrected chi connectivity index (χ4v) is 4.01. The lowest BCUT2D eigenvalue weighted by atomic mass is 10.1. The molecule has 0 saturated carbocycles. The van der Waals surface area contributed by atoms with Crippen LogP contribution in [0.1, 0.15) is 10.4 Å². The van der Waals surface area contributed by atoms with E-state index < -0.39 is 0 Å². The number of Topliss-reactive ketones (excluding diaryl/α,β-unsaturated/α-hetero) is 1. The van der Waals surface area contributed by atoms with Crippen LogP contribution in [0, 0.1) is 5.82 Å². The number of carbonyl (C=O) groups is 1. The molecular weight excluding hydrogens is 435 g/mol. The van der Waals surface area contributed by atoms with Crippen LogP contribution in [-0.4, -0.2) is 28.2 Å². The van der Waals surface area contributed by atoms with Crippen molar-refractivity contribution in [3.05, 3.63) is 95.4 Å². The highest BCUT2D eigenvalue weighted by atomic mass is 35.5. The Kier molecular flexibility index (Phi) is 6.39. The summed E-state index contributed by atoms with van der Waals surface area (Å²) in [6.45, 7) is 0. The minimum absolute atomic E-state index is 0.0957. The Morgan fingerprint density at radius 1 is 1.03 bits per heavy atom. The Morgan fingerprint density at radius 3 is 2.35 bits per heavy atom. The lowest BCUT2D eigenvalue weighted by molar-refractivity contribution is 0.102. The second-order valence-electron chi connectivity index (χ2n) is 6.70. The summed E-state index contributed by atoms with van der Waals surface area (Å²) in [5.41, 5.74) is 3.05. The predicted molar refractivity (Wildman–Crippen MR) is 122 cm³/mol. The number of halogens is 2. The highest BCUT2D eigenvalue weighted by Crippen LogP contribution is 2.29. The Labute approximate surface area is 188 Å². The van der Waals surface area contributed by atoms with E-state index in [1.165, 1.54) is 36.0 Å². The Bertz CT molecular complexity index is 1190. The van der Waals surface area contributed by atoms with Gasteiger partial charge in [-0.1, -0.05) is 23.4 Å². The lowest BCUT2D eigenvalue weighted by Gasteiger charge is -2.07. The van der Waals surface area contributed by atoms with Crippen LogP contribution in [0.15, 0.2) is 84.1 Å². The molecular formula is C24H18ClFN2O2S. The third kappa shape index (κ3) is 4.98. The number of imidazole rings is 1. The Balaban J connectivity index is 1.63.